The Hall–Kier alpha value is -1.19. The molecule has 1 aromatic carbocycles. The molecule has 1 unspecified atom stereocenters. The van der Waals surface area contributed by atoms with Crippen LogP contribution in [0.25, 0.3) is 0 Å². The molecule has 0 aliphatic carbocycles. The summed E-state index contributed by atoms with van der Waals surface area (Å²) in [5.41, 5.74) is 0.701. The predicted molar refractivity (Wildman–Crippen MR) is 53.1 cm³/mol. The van der Waals surface area contributed by atoms with Crippen LogP contribution in [0.1, 0.15) is 16.8 Å². The molecule has 2 rings (SSSR count). The number of benzene rings is 1. The lowest BCUT2D eigenvalue weighted by atomic mass is 10.1. The number of rotatable bonds is 2. The second-order valence-electron chi connectivity index (χ2n) is 3.29. The summed E-state index contributed by atoms with van der Waals surface area (Å²) in [6, 6.07) is 9.22. The number of hydrogen-bond donors (Lipinski definition) is 1. The van der Waals surface area contributed by atoms with Gasteiger partial charge in [0, 0.05) is 12.1 Å². The summed E-state index contributed by atoms with van der Waals surface area (Å²) in [6.07, 6.45) is 0.518. The molecule has 3 nitrogen and oxygen atoms in total. The average molecular weight is 191 g/mol. The molecule has 0 saturated carbocycles. The van der Waals surface area contributed by atoms with E-state index >= 15 is 0 Å². The Balaban J connectivity index is 2.07. The maximum absolute atomic E-state index is 11.8. The molecule has 0 aromatic heterocycles. The fraction of sp³-hybridized carbons (Fsp3) is 0.364. The third-order valence-corrected chi connectivity index (χ3v) is 2.23. The molecule has 1 aromatic rings. The van der Waals surface area contributed by atoms with Gasteiger partial charge in [-0.05, 0) is 6.42 Å². The fourth-order valence-corrected chi connectivity index (χ4v) is 1.49. The monoisotopic (exact) mass is 191 g/mol. The van der Waals surface area contributed by atoms with Crippen molar-refractivity contribution in [3.63, 3.8) is 0 Å². The Kier molecular flexibility index (Phi) is 2.91. The van der Waals surface area contributed by atoms with E-state index in [1.54, 1.807) is 0 Å². The molecule has 0 amide bonds. The maximum Gasteiger partial charge on any atom is 0.206 e. The summed E-state index contributed by atoms with van der Waals surface area (Å²) in [7, 11) is 0. The van der Waals surface area contributed by atoms with Crippen LogP contribution >= 0.6 is 0 Å². The highest BCUT2D eigenvalue weighted by Crippen LogP contribution is 2.07. The van der Waals surface area contributed by atoms with Crippen molar-refractivity contribution in [2.24, 2.45) is 0 Å². The van der Waals surface area contributed by atoms with Gasteiger partial charge in [0.05, 0.1) is 6.61 Å². The Labute approximate surface area is 83.1 Å². The zero-order valence-corrected chi connectivity index (χ0v) is 7.90. The van der Waals surface area contributed by atoms with E-state index in [2.05, 4.69) is 5.32 Å². The van der Waals surface area contributed by atoms with Crippen LogP contribution in [0.4, 0.5) is 0 Å². The molecule has 0 spiro atoms. The van der Waals surface area contributed by atoms with Crippen LogP contribution in [0.3, 0.4) is 0 Å². The van der Waals surface area contributed by atoms with E-state index in [-0.39, 0.29) is 5.78 Å². The van der Waals surface area contributed by atoms with Gasteiger partial charge >= 0.3 is 0 Å². The third kappa shape index (κ3) is 2.00. The highest BCUT2D eigenvalue weighted by atomic mass is 16.5. The minimum atomic E-state index is -0.453. The number of carbonyl (C=O) groups excluding carboxylic acids is 1. The van der Waals surface area contributed by atoms with Crippen molar-refractivity contribution in [1.82, 2.24) is 5.32 Å². The Bertz CT molecular complexity index is 304. The Morgan fingerprint density at radius 1 is 1.36 bits per heavy atom. The molecule has 1 N–H and O–H groups in total. The smallest absolute Gasteiger partial charge is 0.206 e. The summed E-state index contributed by atoms with van der Waals surface area (Å²) in [5, 5.41) is 3.05. The molecule has 1 atom stereocenters. The van der Waals surface area contributed by atoms with Crippen LogP contribution in [0.2, 0.25) is 0 Å². The first-order valence-corrected chi connectivity index (χ1v) is 4.82. The fourth-order valence-electron chi connectivity index (χ4n) is 1.49. The third-order valence-electron chi connectivity index (χ3n) is 2.23. The van der Waals surface area contributed by atoms with Crippen LogP contribution in [0.5, 0.6) is 0 Å². The van der Waals surface area contributed by atoms with E-state index in [0.29, 0.717) is 12.2 Å². The zero-order valence-electron chi connectivity index (χ0n) is 7.90. The van der Waals surface area contributed by atoms with Gasteiger partial charge in [0.1, 0.15) is 0 Å². The predicted octanol–water partition coefficient (Wildman–Crippen LogP) is 1.21. The number of carbonyl (C=O) groups is 1. The number of ether oxygens (including phenoxy) is 1. The number of nitrogens with one attached hydrogen (secondary N) is 1. The summed E-state index contributed by atoms with van der Waals surface area (Å²) < 4.78 is 5.33. The number of ketones is 1. The highest BCUT2D eigenvalue weighted by Gasteiger charge is 2.21. The van der Waals surface area contributed by atoms with Crippen LogP contribution in [0.15, 0.2) is 30.3 Å². The summed E-state index contributed by atoms with van der Waals surface area (Å²) in [6.45, 7) is 1.51. The lowest BCUT2D eigenvalue weighted by molar-refractivity contribution is 0.00823. The second kappa shape index (κ2) is 4.35. The van der Waals surface area contributed by atoms with Gasteiger partial charge in [-0.2, -0.15) is 0 Å². The molecule has 1 fully saturated rings. The van der Waals surface area contributed by atoms with Gasteiger partial charge in [-0.3, -0.25) is 10.1 Å². The van der Waals surface area contributed by atoms with Gasteiger partial charge in [0.15, 0.2) is 6.23 Å². The molecule has 1 aliphatic heterocycles. The van der Waals surface area contributed by atoms with E-state index in [4.69, 9.17) is 4.74 Å². The van der Waals surface area contributed by atoms with Crippen molar-refractivity contribution in [2.75, 3.05) is 13.2 Å². The van der Waals surface area contributed by atoms with Crippen molar-refractivity contribution >= 4 is 5.78 Å². The molecule has 1 heterocycles. The molecule has 14 heavy (non-hydrogen) atoms. The van der Waals surface area contributed by atoms with Gasteiger partial charge in [-0.15, -0.1) is 0 Å². The van der Waals surface area contributed by atoms with Gasteiger partial charge < -0.3 is 4.74 Å². The number of hydrogen-bond acceptors (Lipinski definition) is 3. The van der Waals surface area contributed by atoms with Crippen molar-refractivity contribution in [2.45, 2.75) is 12.6 Å². The van der Waals surface area contributed by atoms with E-state index in [1.807, 2.05) is 30.3 Å². The molecule has 1 saturated heterocycles. The molecule has 0 radical (unpaired) electrons. The second-order valence-corrected chi connectivity index (χ2v) is 3.29. The van der Waals surface area contributed by atoms with Gasteiger partial charge in [-0.1, -0.05) is 30.3 Å². The molecular weight excluding hydrogens is 178 g/mol. The molecular formula is C11H13NO2. The zero-order chi connectivity index (χ0) is 9.80. The van der Waals surface area contributed by atoms with Crippen molar-refractivity contribution in [3.8, 4) is 0 Å². The van der Waals surface area contributed by atoms with Crippen molar-refractivity contribution < 1.29 is 9.53 Å². The standard InChI is InChI=1S/C11H13NO2/c13-10(9-5-2-1-3-6-9)11-12-7-4-8-14-11/h1-3,5-6,11-12H,4,7-8H2. The van der Waals surface area contributed by atoms with E-state index < -0.39 is 6.23 Å². The lowest BCUT2D eigenvalue weighted by Crippen LogP contribution is -2.43. The Morgan fingerprint density at radius 2 is 2.14 bits per heavy atom. The minimum absolute atomic E-state index is 0.0188. The highest BCUT2D eigenvalue weighted by molar-refractivity contribution is 5.99. The van der Waals surface area contributed by atoms with Gasteiger partial charge in [0.25, 0.3) is 0 Å². The SMILES string of the molecule is O=C(c1ccccc1)C1NCCCO1. The summed E-state index contributed by atoms with van der Waals surface area (Å²) >= 11 is 0. The molecule has 1 aliphatic rings. The van der Waals surface area contributed by atoms with Crippen molar-refractivity contribution in [1.29, 1.82) is 0 Å². The van der Waals surface area contributed by atoms with Gasteiger partial charge in [0.2, 0.25) is 5.78 Å². The van der Waals surface area contributed by atoms with Gasteiger partial charge in [-0.25, -0.2) is 0 Å². The summed E-state index contributed by atoms with van der Waals surface area (Å²) in [4.78, 5) is 11.8. The van der Waals surface area contributed by atoms with Crippen LogP contribution in [-0.2, 0) is 4.74 Å². The number of Topliss-reactive ketones (excluding diaryl/α,β-unsaturated/α-hetero) is 1. The first kappa shape index (κ1) is 9.37. The van der Waals surface area contributed by atoms with Crippen molar-refractivity contribution in [3.05, 3.63) is 35.9 Å². The maximum atomic E-state index is 11.8. The Morgan fingerprint density at radius 3 is 2.79 bits per heavy atom. The first-order chi connectivity index (χ1) is 6.88. The molecule has 74 valence electrons. The topological polar surface area (TPSA) is 38.3 Å². The normalized spacial score (nSPS) is 21.9. The lowest BCUT2D eigenvalue weighted by Gasteiger charge is -2.22. The molecule has 3 heteroatoms. The minimum Gasteiger partial charge on any atom is -0.355 e. The van der Waals surface area contributed by atoms with E-state index in [0.717, 1.165) is 13.0 Å². The van der Waals surface area contributed by atoms with Crippen LogP contribution in [0, 0.1) is 0 Å². The average Bonchev–Trinajstić information content (AvgIpc) is 2.30. The van der Waals surface area contributed by atoms with E-state index in [9.17, 15) is 4.79 Å². The van der Waals surface area contributed by atoms with E-state index in [1.165, 1.54) is 0 Å². The largest absolute Gasteiger partial charge is 0.355 e. The quantitative estimate of drug-likeness (QED) is 0.714. The summed E-state index contributed by atoms with van der Waals surface area (Å²) in [5.74, 6) is 0.0188. The first-order valence-electron chi connectivity index (χ1n) is 4.82. The van der Waals surface area contributed by atoms with Crippen LogP contribution in [-0.4, -0.2) is 25.2 Å². The van der Waals surface area contributed by atoms with Crippen LogP contribution < -0.4 is 5.32 Å². The molecule has 0 bridgehead atoms.